The minimum Gasteiger partial charge on any atom is -0.347 e. The lowest BCUT2D eigenvalue weighted by atomic mass is 10.0. The first kappa shape index (κ1) is 17.6. The van der Waals surface area contributed by atoms with Gasteiger partial charge in [0.1, 0.15) is 6.54 Å². The van der Waals surface area contributed by atoms with Gasteiger partial charge in [0.05, 0.1) is 13.2 Å². The van der Waals surface area contributed by atoms with Crippen LogP contribution in [0.4, 0.5) is 10.5 Å². The molecule has 0 radical (unpaired) electrons. The standard InChI is InChI=1S/C18H22ClN3O4/c19-14-1-3-15(4-2-14)22-10-9-21(17(22)24)13-16(23)20-7-5-18(6-8-20)25-11-12-26-18/h1-4H,5-13H2. The number of halogens is 1. The Kier molecular flexibility index (Phi) is 4.77. The molecular weight excluding hydrogens is 358 g/mol. The van der Waals surface area contributed by atoms with Crippen molar-refractivity contribution in [3.05, 3.63) is 29.3 Å². The minimum atomic E-state index is -0.494. The lowest BCUT2D eigenvalue weighted by Crippen LogP contribution is -2.50. The summed E-state index contributed by atoms with van der Waals surface area (Å²) in [7, 11) is 0. The minimum absolute atomic E-state index is 0.0239. The summed E-state index contributed by atoms with van der Waals surface area (Å²) in [4.78, 5) is 30.3. The van der Waals surface area contributed by atoms with E-state index in [1.54, 1.807) is 26.8 Å². The van der Waals surface area contributed by atoms with Gasteiger partial charge in [0, 0.05) is 49.7 Å². The fraction of sp³-hybridized carbons (Fsp3) is 0.556. The van der Waals surface area contributed by atoms with Crippen molar-refractivity contribution < 1.29 is 19.1 Å². The number of rotatable bonds is 3. The first-order chi connectivity index (χ1) is 12.6. The van der Waals surface area contributed by atoms with Crippen LogP contribution >= 0.6 is 11.6 Å². The van der Waals surface area contributed by atoms with Crippen LogP contribution in [-0.2, 0) is 14.3 Å². The number of carbonyl (C=O) groups is 2. The molecule has 0 aromatic heterocycles. The monoisotopic (exact) mass is 379 g/mol. The summed E-state index contributed by atoms with van der Waals surface area (Å²) >= 11 is 5.90. The van der Waals surface area contributed by atoms with Crippen molar-refractivity contribution in [3.63, 3.8) is 0 Å². The highest BCUT2D eigenvalue weighted by Crippen LogP contribution is 2.31. The lowest BCUT2D eigenvalue weighted by Gasteiger charge is -2.38. The zero-order valence-electron chi connectivity index (χ0n) is 14.5. The molecule has 0 saturated carbocycles. The van der Waals surface area contributed by atoms with Crippen molar-refractivity contribution in [1.29, 1.82) is 0 Å². The third kappa shape index (κ3) is 3.39. The van der Waals surface area contributed by atoms with Gasteiger partial charge in [-0.05, 0) is 24.3 Å². The van der Waals surface area contributed by atoms with Crippen LogP contribution in [0, 0.1) is 0 Å². The molecule has 3 amide bonds. The van der Waals surface area contributed by atoms with Gasteiger partial charge in [-0.25, -0.2) is 4.79 Å². The molecule has 1 aromatic rings. The van der Waals surface area contributed by atoms with Crippen LogP contribution in [-0.4, -0.2) is 73.5 Å². The fourth-order valence-electron chi connectivity index (χ4n) is 3.74. The number of hydrogen-bond acceptors (Lipinski definition) is 4. The van der Waals surface area contributed by atoms with E-state index in [1.165, 1.54) is 0 Å². The first-order valence-corrected chi connectivity index (χ1v) is 9.32. The number of nitrogens with zero attached hydrogens (tertiary/aromatic N) is 3. The molecule has 8 heteroatoms. The second-order valence-corrected chi connectivity index (χ2v) is 7.26. The average molecular weight is 380 g/mol. The van der Waals surface area contributed by atoms with Crippen LogP contribution in [0.25, 0.3) is 0 Å². The third-order valence-electron chi connectivity index (χ3n) is 5.25. The van der Waals surface area contributed by atoms with Gasteiger partial charge in [-0.3, -0.25) is 9.69 Å². The molecule has 0 aliphatic carbocycles. The number of carbonyl (C=O) groups excluding carboxylic acids is 2. The second-order valence-electron chi connectivity index (χ2n) is 6.82. The van der Waals surface area contributed by atoms with E-state index in [0.717, 1.165) is 5.69 Å². The topological polar surface area (TPSA) is 62.3 Å². The van der Waals surface area contributed by atoms with E-state index in [2.05, 4.69) is 0 Å². The predicted octanol–water partition coefficient (Wildman–Crippen LogP) is 1.95. The maximum atomic E-state index is 12.6. The maximum absolute atomic E-state index is 12.6. The summed E-state index contributed by atoms with van der Waals surface area (Å²) in [6.45, 7) is 3.66. The van der Waals surface area contributed by atoms with Gasteiger partial charge in [0.2, 0.25) is 5.91 Å². The second kappa shape index (κ2) is 7.06. The number of ether oxygens (including phenoxy) is 2. The Morgan fingerprint density at radius 1 is 1.04 bits per heavy atom. The molecular formula is C18H22ClN3O4. The summed E-state index contributed by atoms with van der Waals surface area (Å²) < 4.78 is 11.4. The Balaban J connectivity index is 1.32. The Morgan fingerprint density at radius 3 is 2.35 bits per heavy atom. The maximum Gasteiger partial charge on any atom is 0.325 e. The van der Waals surface area contributed by atoms with E-state index in [9.17, 15) is 9.59 Å². The molecule has 3 aliphatic rings. The number of hydrogen-bond donors (Lipinski definition) is 0. The molecule has 1 spiro atoms. The Morgan fingerprint density at radius 2 is 1.69 bits per heavy atom. The summed E-state index contributed by atoms with van der Waals surface area (Å²) in [6, 6.07) is 7.01. The smallest absolute Gasteiger partial charge is 0.325 e. The highest BCUT2D eigenvalue weighted by molar-refractivity contribution is 6.30. The van der Waals surface area contributed by atoms with Crippen molar-refractivity contribution >= 4 is 29.2 Å². The Hall–Kier alpha value is -1.83. The van der Waals surface area contributed by atoms with Gasteiger partial charge < -0.3 is 19.3 Å². The van der Waals surface area contributed by atoms with Crippen molar-refractivity contribution in [2.24, 2.45) is 0 Å². The van der Waals surface area contributed by atoms with E-state index in [-0.39, 0.29) is 18.5 Å². The fourth-order valence-corrected chi connectivity index (χ4v) is 3.86. The summed E-state index contributed by atoms with van der Waals surface area (Å²) in [5, 5.41) is 0.630. The van der Waals surface area contributed by atoms with Crippen molar-refractivity contribution in [2.75, 3.05) is 50.8 Å². The van der Waals surface area contributed by atoms with E-state index in [1.807, 2.05) is 12.1 Å². The molecule has 0 N–H and O–H groups in total. The Bertz CT molecular complexity index is 680. The first-order valence-electron chi connectivity index (χ1n) is 8.94. The van der Waals surface area contributed by atoms with E-state index in [0.29, 0.717) is 57.3 Å². The normalized spacial score (nSPS) is 22.5. The Labute approximate surface area is 157 Å². The summed E-state index contributed by atoms with van der Waals surface area (Å²) in [5.41, 5.74) is 0.796. The van der Waals surface area contributed by atoms with Crippen LogP contribution in [0.15, 0.2) is 24.3 Å². The van der Waals surface area contributed by atoms with E-state index >= 15 is 0 Å². The zero-order chi connectivity index (χ0) is 18.1. The van der Waals surface area contributed by atoms with Gasteiger partial charge in [-0.2, -0.15) is 0 Å². The van der Waals surface area contributed by atoms with Crippen molar-refractivity contribution in [3.8, 4) is 0 Å². The van der Waals surface area contributed by atoms with Crippen LogP contribution < -0.4 is 4.90 Å². The van der Waals surface area contributed by atoms with E-state index in [4.69, 9.17) is 21.1 Å². The van der Waals surface area contributed by atoms with Crippen LogP contribution in [0.5, 0.6) is 0 Å². The highest BCUT2D eigenvalue weighted by atomic mass is 35.5. The molecule has 3 fully saturated rings. The van der Waals surface area contributed by atoms with Gasteiger partial charge >= 0.3 is 6.03 Å². The summed E-state index contributed by atoms with van der Waals surface area (Å²) in [5.74, 6) is -0.518. The number of benzene rings is 1. The van der Waals surface area contributed by atoms with Crippen LogP contribution in [0.1, 0.15) is 12.8 Å². The molecule has 7 nitrogen and oxygen atoms in total. The number of amides is 3. The van der Waals surface area contributed by atoms with Gasteiger partial charge in [0.15, 0.2) is 5.79 Å². The molecule has 0 unspecified atom stereocenters. The third-order valence-corrected chi connectivity index (χ3v) is 5.50. The van der Waals surface area contributed by atoms with E-state index < -0.39 is 5.79 Å². The van der Waals surface area contributed by atoms with Crippen LogP contribution in [0.2, 0.25) is 5.02 Å². The van der Waals surface area contributed by atoms with Gasteiger partial charge in [-0.15, -0.1) is 0 Å². The van der Waals surface area contributed by atoms with Gasteiger partial charge in [-0.1, -0.05) is 11.6 Å². The highest BCUT2D eigenvalue weighted by Gasteiger charge is 2.41. The largest absolute Gasteiger partial charge is 0.347 e. The number of likely N-dealkylation sites (tertiary alicyclic amines) is 1. The molecule has 0 atom stereocenters. The molecule has 0 bridgehead atoms. The molecule has 26 heavy (non-hydrogen) atoms. The van der Waals surface area contributed by atoms with Crippen LogP contribution in [0.3, 0.4) is 0 Å². The van der Waals surface area contributed by atoms with Crippen molar-refractivity contribution in [1.82, 2.24) is 9.80 Å². The summed E-state index contributed by atoms with van der Waals surface area (Å²) in [6.07, 6.45) is 1.37. The molecule has 3 heterocycles. The average Bonchev–Trinajstić information content (AvgIpc) is 3.24. The molecule has 3 saturated heterocycles. The molecule has 1 aromatic carbocycles. The number of urea groups is 1. The number of piperidine rings is 1. The quantitative estimate of drug-likeness (QED) is 0.805. The molecule has 4 rings (SSSR count). The zero-order valence-corrected chi connectivity index (χ0v) is 15.3. The lowest BCUT2D eigenvalue weighted by molar-refractivity contribution is -0.187. The van der Waals surface area contributed by atoms with Crippen molar-refractivity contribution in [2.45, 2.75) is 18.6 Å². The SMILES string of the molecule is O=C(CN1CCN(c2ccc(Cl)cc2)C1=O)N1CCC2(CC1)OCCO2. The molecule has 140 valence electrons. The van der Waals surface area contributed by atoms with Gasteiger partial charge in [0.25, 0.3) is 0 Å². The number of anilines is 1. The molecule has 3 aliphatic heterocycles. The predicted molar refractivity (Wildman–Crippen MR) is 96.2 cm³/mol.